The van der Waals surface area contributed by atoms with Crippen molar-refractivity contribution in [2.24, 2.45) is 0 Å². The van der Waals surface area contributed by atoms with Crippen LogP contribution in [0.3, 0.4) is 0 Å². The number of ketones is 1. The fraction of sp³-hybridized carbons (Fsp3) is 0.364. The Morgan fingerprint density at radius 1 is 1.23 bits per heavy atom. The monoisotopic (exact) mass is 464 g/mol. The van der Waals surface area contributed by atoms with Crippen molar-refractivity contribution in [3.05, 3.63) is 69.3 Å². The molecule has 9 heteroatoms. The number of morpholine rings is 1. The maximum absolute atomic E-state index is 13.1. The molecule has 31 heavy (non-hydrogen) atoms. The molecule has 0 bridgehead atoms. The quantitative estimate of drug-likeness (QED) is 0.623. The summed E-state index contributed by atoms with van der Waals surface area (Å²) in [6.45, 7) is 4.42. The van der Waals surface area contributed by atoms with Crippen molar-refractivity contribution in [2.75, 3.05) is 39.4 Å². The van der Waals surface area contributed by atoms with Crippen LogP contribution >= 0.6 is 23.2 Å². The zero-order valence-corrected chi connectivity index (χ0v) is 18.2. The number of Topliss-reactive ketones (excluding diaryl/α,β-unsaturated/α-hetero) is 1. The zero-order valence-electron chi connectivity index (χ0n) is 16.7. The van der Waals surface area contributed by atoms with Crippen LogP contribution in [0.4, 0.5) is 0 Å². The molecule has 1 atom stereocenters. The third kappa shape index (κ3) is 4.50. The smallest absolute Gasteiger partial charge is 0.239 e. The van der Waals surface area contributed by atoms with Crippen molar-refractivity contribution in [1.29, 1.82) is 0 Å². The highest BCUT2D eigenvalue weighted by molar-refractivity contribution is 6.35. The van der Waals surface area contributed by atoms with Gasteiger partial charge in [-0.2, -0.15) is 0 Å². The number of hydrogen-bond donors (Lipinski definition) is 1. The predicted molar refractivity (Wildman–Crippen MR) is 112 cm³/mol. The highest BCUT2D eigenvalue weighted by atomic mass is 35.5. The summed E-state index contributed by atoms with van der Waals surface area (Å²) in [6.07, 6.45) is 2.03. The number of carbonyl (C=O) groups excluding carboxylic acids is 2. The minimum Gasteiger partial charge on any atom is -0.868 e. The molecule has 3 heterocycles. The normalized spacial score (nSPS) is 20.0. The number of hydrogen-bond acceptors (Lipinski definition) is 5. The van der Waals surface area contributed by atoms with Crippen LogP contribution in [0.25, 0.3) is 0 Å². The highest BCUT2D eigenvalue weighted by Crippen LogP contribution is 2.41. The lowest BCUT2D eigenvalue weighted by molar-refractivity contribution is -0.908. The van der Waals surface area contributed by atoms with E-state index in [1.165, 1.54) is 28.2 Å². The summed E-state index contributed by atoms with van der Waals surface area (Å²) in [5, 5.41) is 13.6. The first-order valence-electron chi connectivity index (χ1n) is 10.1. The predicted octanol–water partition coefficient (Wildman–Crippen LogP) is 1.27. The van der Waals surface area contributed by atoms with Gasteiger partial charge in [-0.1, -0.05) is 29.3 Å². The van der Waals surface area contributed by atoms with E-state index >= 15 is 0 Å². The van der Waals surface area contributed by atoms with Gasteiger partial charge in [0.1, 0.15) is 13.1 Å². The number of amides is 1. The van der Waals surface area contributed by atoms with Crippen molar-refractivity contribution in [1.82, 2.24) is 4.90 Å². The first-order chi connectivity index (χ1) is 15.0. The fourth-order valence-corrected chi connectivity index (χ4v) is 4.61. The number of halogens is 2. The van der Waals surface area contributed by atoms with E-state index in [-0.39, 0.29) is 16.4 Å². The molecule has 0 aliphatic carbocycles. The number of furan rings is 1. The molecule has 1 aromatic carbocycles. The van der Waals surface area contributed by atoms with Crippen molar-refractivity contribution in [3.63, 3.8) is 0 Å². The molecule has 0 saturated carbocycles. The lowest BCUT2D eigenvalue weighted by Crippen LogP contribution is -3.14. The van der Waals surface area contributed by atoms with E-state index in [0.29, 0.717) is 23.6 Å². The Bertz CT molecular complexity index is 999. The van der Waals surface area contributed by atoms with E-state index in [1.54, 1.807) is 18.2 Å². The van der Waals surface area contributed by atoms with Gasteiger partial charge in [0.15, 0.2) is 5.76 Å². The number of nitrogens with one attached hydrogen (secondary N) is 1. The van der Waals surface area contributed by atoms with Crippen LogP contribution in [0.1, 0.15) is 28.6 Å². The van der Waals surface area contributed by atoms with Gasteiger partial charge in [0, 0.05) is 28.6 Å². The lowest BCUT2D eigenvalue weighted by atomic mass is 9.95. The average Bonchev–Trinajstić information content (AvgIpc) is 3.38. The lowest BCUT2D eigenvalue weighted by Gasteiger charge is -2.29. The zero-order chi connectivity index (χ0) is 22.0. The molecule has 1 unspecified atom stereocenters. The number of quaternary nitrogens is 1. The van der Waals surface area contributed by atoms with Gasteiger partial charge >= 0.3 is 0 Å². The van der Waals surface area contributed by atoms with Gasteiger partial charge < -0.3 is 24.1 Å². The summed E-state index contributed by atoms with van der Waals surface area (Å²) in [5.74, 6) is -2.13. The molecule has 2 aliphatic heterocycles. The number of benzene rings is 1. The fourth-order valence-electron chi connectivity index (χ4n) is 4.10. The molecule has 1 amide bonds. The van der Waals surface area contributed by atoms with Crippen LogP contribution in [0.2, 0.25) is 10.0 Å². The van der Waals surface area contributed by atoms with Crippen molar-refractivity contribution in [3.8, 4) is 0 Å². The van der Waals surface area contributed by atoms with Gasteiger partial charge in [-0.3, -0.25) is 9.59 Å². The van der Waals surface area contributed by atoms with E-state index in [2.05, 4.69) is 0 Å². The summed E-state index contributed by atoms with van der Waals surface area (Å²) in [5.41, 5.74) is 0.335. The first kappa shape index (κ1) is 21.9. The summed E-state index contributed by atoms with van der Waals surface area (Å²) in [7, 11) is 0. The molecule has 0 radical (unpaired) electrons. The van der Waals surface area contributed by atoms with Crippen LogP contribution < -0.4 is 10.0 Å². The van der Waals surface area contributed by atoms with Crippen molar-refractivity contribution >= 4 is 34.9 Å². The molecule has 1 aromatic heterocycles. The van der Waals surface area contributed by atoms with Gasteiger partial charge in [0.2, 0.25) is 11.7 Å². The van der Waals surface area contributed by atoms with Crippen LogP contribution in [0, 0.1) is 0 Å². The van der Waals surface area contributed by atoms with Crippen LogP contribution in [0.15, 0.2) is 52.3 Å². The first-order valence-corrected chi connectivity index (χ1v) is 10.9. The summed E-state index contributed by atoms with van der Waals surface area (Å²) in [4.78, 5) is 28.8. The second-order valence-corrected chi connectivity index (χ2v) is 8.43. The van der Waals surface area contributed by atoms with Crippen LogP contribution in [-0.2, 0) is 9.53 Å². The number of rotatable bonds is 7. The molecule has 2 aliphatic rings. The Balaban J connectivity index is 1.63. The minimum absolute atomic E-state index is 0.00541. The molecule has 1 fully saturated rings. The molecule has 0 spiro atoms. The minimum atomic E-state index is -0.887. The summed E-state index contributed by atoms with van der Waals surface area (Å²) in [6, 6.07) is 6.96. The third-order valence-electron chi connectivity index (χ3n) is 5.66. The molecule has 164 valence electrons. The Morgan fingerprint density at radius 2 is 2.00 bits per heavy atom. The average molecular weight is 465 g/mol. The van der Waals surface area contributed by atoms with Gasteiger partial charge in [-0.25, -0.2) is 0 Å². The SMILES string of the molecule is O=C(C1=C([O-])C(=O)N(CCC[NH+]2CCOCC2)C1c1ccc(Cl)cc1Cl)c1ccco1. The number of nitrogens with zero attached hydrogens (tertiary/aromatic N) is 1. The standard InChI is InChI=1S/C22H22Cl2N2O5/c23-14-4-5-15(16(24)13-14)19-18(20(27)17-3-1-10-31-17)21(28)22(29)26(19)7-2-6-25-8-11-30-12-9-25/h1,3-5,10,13,19,28H,2,6-9,11-12H2. The van der Waals surface area contributed by atoms with Crippen LogP contribution in [0.5, 0.6) is 0 Å². The van der Waals surface area contributed by atoms with Gasteiger partial charge in [0.25, 0.3) is 0 Å². The van der Waals surface area contributed by atoms with E-state index in [4.69, 9.17) is 32.4 Å². The Labute approximate surface area is 189 Å². The summed E-state index contributed by atoms with van der Waals surface area (Å²) < 4.78 is 10.6. The highest BCUT2D eigenvalue weighted by Gasteiger charge is 2.41. The largest absolute Gasteiger partial charge is 0.868 e. The Morgan fingerprint density at radius 3 is 2.68 bits per heavy atom. The maximum atomic E-state index is 13.1. The van der Waals surface area contributed by atoms with Crippen LogP contribution in [-0.4, -0.2) is 56.0 Å². The van der Waals surface area contributed by atoms with Crippen molar-refractivity contribution in [2.45, 2.75) is 12.5 Å². The van der Waals surface area contributed by atoms with Gasteiger partial charge in [-0.05, 0) is 35.6 Å². The van der Waals surface area contributed by atoms with Crippen molar-refractivity contribution < 1.29 is 28.7 Å². The van der Waals surface area contributed by atoms with E-state index < -0.39 is 23.5 Å². The maximum Gasteiger partial charge on any atom is 0.239 e. The molecular weight excluding hydrogens is 443 g/mol. The topological polar surface area (TPSA) is 87.2 Å². The molecule has 2 aromatic rings. The Hall–Kier alpha value is -2.32. The molecular formula is C22H22Cl2N2O5. The van der Waals surface area contributed by atoms with Gasteiger partial charge in [0.05, 0.1) is 32.1 Å². The third-order valence-corrected chi connectivity index (χ3v) is 6.22. The molecule has 4 rings (SSSR count). The second-order valence-electron chi connectivity index (χ2n) is 7.58. The Kier molecular flexibility index (Phi) is 6.67. The molecule has 1 saturated heterocycles. The van der Waals surface area contributed by atoms with E-state index in [9.17, 15) is 14.7 Å². The molecule has 7 nitrogen and oxygen atoms in total. The number of ether oxygens (including phenoxy) is 1. The number of carbonyl (C=O) groups is 2. The second kappa shape index (κ2) is 9.44. The van der Waals surface area contributed by atoms with E-state index in [1.807, 2.05) is 0 Å². The van der Waals surface area contributed by atoms with Gasteiger partial charge in [-0.15, -0.1) is 0 Å². The molecule has 1 N–H and O–H groups in total. The summed E-state index contributed by atoms with van der Waals surface area (Å²) >= 11 is 12.5. The van der Waals surface area contributed by atoms with E-state index in [0.717, 1.165) is 32.8 Å².